The van der Waals surface area contributed by atoms with Crippen molar-refractivity contribution >= 4 is 0 Å². The van der Waals surface area contributed by atoms with Gasteiger partial charge < -0.3 is 10.2 Å². The van der Waals surface area contributed by atoms with Gasteiger partial charge in [0.25, 0.3) is 0 Å². The summed E-state index contributed by atoms with van der Waals surface area (Å²) in [6.07, 6.45) is -1.32. The molecule has 0 amide bonds. The Hall–Kier alpha value is -0.900. The van der Waals surface area contributed by atoms with Crippen LogP contribution in [0, 0.1) is 0 Å². The third kappa shape index (κ3) is 2.31. The lowest BCUT2D eigenvalue weighted by atomic mass is 10.2. The molecule has 1 rings (SSSR count). The molecule has 0 radical (unpaired) electrons. The van der Waals surface area contributed by atoms with Crippen LogP contribution in [0.15, 0.2) is 22.8 Å². The van der Waals surface area contributed by atoms with Crippen LogP contribution in [0.3, 0.4) is 0 Å². The maximum atomic E-state index is 11.8. The fraction of sp³-hybridized carbons (Fsp3) is 0.429. The first-order valence-corrected chi connectivity index (χ1v) is 3.27. The van der Waals surface area contributed by atoms with Crippen molar-refractivity contribution < 1.29 is 13.2 Å². The van der Waals surface area contributed by atoms with Crippen molar-refractivity contribution in [3.05, 3.63) is 24.2 Å². The van der Waals surface area contributed by atoms with Crippen LogP contribution in [-0.2, 0) is 0 Å². The molecule has 62 valence electrons. The monoisotopic (exact) mass is 161 g/mol. The summed E-state index contributed by atoms with van der Waals surface area (Å²) < 4.78 is 28.3. The van der Waals surface area contributed by atoms with E-state index >= 15 is 0 Å². The van der Waals surface area contributed by atoms with Crippen LogP contribution in [0.4, 0.5) is 8.78 Å². The maximum absolute atomic E-state index is 11.8. The second kappa shape index (κ2) is 3.48. The molecule has 0 fully saturated rings. The summed E-state index contributed by atoms with van der Waals surface area (Å²) in [5, 5.41) is 0. The third-order valence-corrected chi connectivity index (χ3v) is 1.34. The van der Waals surface area contributed by atoms with E-state index < -0.39 is 12.5 Å². The molecule has 0 spiro atoms. The standard InChI is InChI=1S/C7H9F2NO/c8-7(9)4-5(10)6-2-1-3-11-6/h1-3,5,7H,4,10H2/t5-/m1/s1. The molecule has 4 heteroatoms. The SMILES string of the molecule is N[C@H](CC(F)F)c1ccco1. The second-order valence-corrected chi connectivity index (χ2v) is 2.25. The van der Waals surface area contributed by atoms with Crippen molar-refractivity contribution in [1.82, 2.24) is 0 Å². The highest BCUT2D eigenvalue weighted by Crippen LogP contribution is 2.17. The van der Waals surface area contributed by atoms with Gasteiger partial charge in [-0.1, -0.05) is 0 Å². The zero-order chi connectivity index (χ0) is 8.27. The second-order valence-electron chi connectivity index (χ2n) is 2.25. The van der Waals surface area contributed by atoms with Crippen molar-refractivity contribution in [3.8, 4) is 0 Å². The number of halogens is 2. The number of nitrogens with two attached hydrogens (primary N) is 1. The quantitative estimate of drug-likeness (QED) is 0.735. The van der Waals surface area contributed by atoms with E-state index in [1.165, 1.54) is 6.26 Å². The summed E-state index contributed by atoms with van der Waals surface area (Å²) in [7, 11) is 0. The van der Waals surface area contributed by atoms with Gasteiger partial charge in [0.1, 0.15) is 5.76 Å². The van der Waals surface area contributed by atoms with Gasteiger partial charge in [0.05, 0.1) is 12.3 Å². The van der Waals surface area contributed by atoms with Gasteiger partial charge in [-0.25, -0.2) is 8.78 Å². The molecule has 0 aromatic carbocycles. The molecule has 0 aliphatic rings. The van der Waals surface area contributed by atoms with Gasteiger partial charge in [-0.2, -0.15) is 0 Å². The molecule has 2 nitrogen and oxygen atoms in total. The average molecular weight is 161 g/mol. The Balaban J connectivity index is 2.49. The molecular formula is C7H9F2NO. The number of alkyl halides is 2. The Labute approximate surface area is 63.0 Å². The summed E-state index contributed by atoms with van der Waals surface area (Å²) >= 11 is 0. The number of hydrogen-bond acceptors (Lipinski definition) is 2. The van der Waals surface area contributed by atoms with E-state index in [1.54, 1.807) is 12.1 Å². The van der Waals surface area contributed by atoms with Crippen LogP contribution in [0.1, 0.15) is 18.2 Å². The molecule has 11 heavy (non-hydrogen) atoms. The number of rotatable bonds is 3. The van der Waals surface area contributed by atoms with E-state index in [0.29, 0.717) is 5.76 Å². The molecule has 0 saturated heterocycles. The first-order chi connectivity index (χ1) is 5.20. The Bertz CT molecular complexity index is 198. The molecule has 0 saturated carbocycles. The summed E-state index contributed by atoms with van der Waals surface area (Å²) in [6.45, 7) is 0. The van der Waals surface area contributed by atoms with Crippen LogP contribution in [0.25, 0.3) is 0 Å². The smallest absolute Gasteiger partial charge is 0.240 e. The molecule has 0 aliphatic carbocycles. The van der Waals surface area contributed by atoms with E-state index in [2.05, 4.69) is 0 Å². The van der Waals surface area contributed by atoms with Crippen LogP contribution >= 0.6 is 0 Å². The Morgan fingerprint density at radius 2 is 2.27 bits per heavy atom. The Morgan fingerprint density at radius 1 is 1.55 bits per heavy atom. The summed E-state index contributed by atoms with van der Waals surface area (Å²) in [5.41, 5.74) is 5.37. The lowest BCUT2D eigenvalue weighted by molar-refractivity contribution is 0.125. The number of hydrogen-bond donors (Lipinski definition) is 1. The lowest BCUT2D eigenvalue weighted by Crippen LogP contribution is -2.12. The fourth-order valence-electron chi connectivity index (χ4n) is 0.810. The highest BCUT2D eigenvalue weighted by molar-refractivity contribution is 5.03. The first kappa shape index (κ1) is 8.20. The van der Waals surface area contributed by atoms with Crippen molar-refractivity contribution in [2.75, 3.05) is 0 Å². The Morgan fingerprint density at radius 3 is 2.73 bits per heavy atom. The van der Waals surface area contributed by atoms with Gasteiger partial charge in [-0.05, 0) is 12.1 Å². The van der Waals surface area contributed by atoms with Gasteiger partial charge in [-0.3, -0.25) is 0 Å². The molecule has 2 N–H and O–H groups in total. The number of furan rings is 1. The minimum Gasteiger partial charge on any atom is -0.468 e. The van der Waals surface area contributed by atoms with Crippen LogP contribution in [-0.4, -0.2) is 6.43 Å². The molecule has 0 unspecified atom stereocenters. The Kier molecular flexibility index (Phi) is 2.59. The van der Waals surface area contributed by atoms with Gasteiger partial charge >= 0.3 is 0 Å². The summed E-state index contributed by atoms with van der Waals surface area (Å²) in [4.78, 5) is 0. The maximum Gasteiger partial charge on any atom is 0.240 e. The molecule has 1 aromatic rings. The van der Waals surface area contributed by atoms with Crippen molar-refractivity contribution in [2.24, 2.45) is 5.73 Å². The van der Waals surface area contributed by atoms with Gasteiger partial charge in [-0.15, -0.1) is 0 Å². The van der Waals surface area contributed by atoms with E-state index in [4.69, 9.17) is 10.2 Å². The summed E-state index contributed by atoms with van der Waals surface area (Å²) in [6, 6.07) is 2.53. The third-order valence-electron chi connectivity index (χ3n) is 1.34. The highest BCUT2D eigenvalue weighted by atomic mass is 19.3. The molecule has 1 heterocycles. The van der Waals surface area contributed by atoms with E-state index in [9.17, 15) is 8.78 Å². The average Bonchev–Trinajstić information content (AvgIpc) is 2.35. The minimum absolute atomic E-state index is 0.354. The van der Waals surface area contributed by atoms with Crippen LogP contribution < -0.4 is 5.73 Å². The zero-order valence-corrected chi connectivity index (χ0v) is 5.84. The normalized spacial score (nSPS) is 13.8. The predicted octanol–water partition coefficient (Wildman–Crippen LogP) is 1.93. The van der Waals surface area contributed by atoms with Crippen molar-refractivity contribution in [1.29, 1.82) is 0 Å². The fourth-order valence-corrected chi connectivity index (χ4v) is 0.810. The highest BCUT2D eigenvalue weighted by Gasteiger charge is 2.14. The van der Waals surface area contributed by atoms with Crippen molar-refractivity contribution in [3.63, 3.8) is 0 Å². The van der Waals surface area contributed by atoms with Gasteiger partial charge in [0, 0.05) is 6.42 Å². The van der Waals surface area contributed by atoms with Crippen LogP contribution in [0.2, 0.25) is 0 Å². The molecule has 1 atom stereocenters. The molecule has 0 aliphatic heterocycles. The van der Waals surface area contributed by atoms with Gasteiger partial charge in [0.2, 0.25) is 6.43 Å². The molecule has 1 aromatic heterocycles. The first-order valence-electron chi connectivity index (χ1n) is 3.27. The van der Waals surface area contributed by atoms with E-state index in [-0.39, 0.29) is 6.42 Å². The largest absolute Gasteiger partial charge is 0.468 e. The minimum atomic E-state index is -2.38. The molecule has 0 bridgehead atoms. The topological polar surface area (TPSA) is 39.2 Å². The molecular weight excluding hydrogens is 152 g/mol. The van der Waals surface area contributed by atoms with E-state index in [0.717, 1.165) is 0 Å². The van der Waals surface area contributed by atoms with Crippen molar-refractivity contribution in [2.45, 2.75) is 18.9 Å². The lowest BCUT2D eigenvalue weighted by Gasteiger charge is -2.06. The van der Waals surface area contributed by atoms with Crippen LogP contribution in [0.5, 0.6) is 0 Å². The predicted molar refractivity (Wildman–Crippen MR) is 36.3 cm³/mol. The summed E-state index contributed by atoms with van der Waals surface area (Å²) in [5.74, 6) is 0.408. The van der Waals surface area contributed by atoms with E-state index in [1.807, 2.05) is 0 Å². The zero-order valence-electron chi connectivity index (χ0n) is 5.84. The van der Waals surface area contributed by atoms with Gasteiger partial charge in [0.15, 0.2) is 0 Å².